The van der Waals surface area contributed by atoms with Crippen molar-refractivity contribution in [3.63, 3.8) is 0 Å². The zero-order valence-electron chi connectivity index (χ0n) is 9.90. The maximum Gasteiger partial charge on any atom is 0.130 e. The molecular weight excluding hydrogens is 217 g/mol. The normalized spacial score (nSPS) is 10.3. The molecule has 0 saturated carbocycles. The minimum absolute atomic E-state index is 0.216. The molecule has 3 heteroatoms. The van der Waals surface area contributed by atoms with Gasteiger partial charge in [-0.3, -0.25) is 4.98 Å². The van der Waals surface area contributed by atoms with Crippen molar-refractivity contribution in [1.82, 2.24) is 4.98 Å². The molecular formula is C14H14FNO. The maximum atomic E-state index is 13.1. The van der Waals surface area contributed by atoms with Crippen molar-refractivity contribution in [3.8, 4) is 5.75 Å². The van der Waals surface area contributed by atoms with E-state index in [2.05, 4.69) is 4.98 Å². The topological polar surface area (TPSA) is 22.1 Å². The number of aryl methyl sites for hydroxylation is 2. The van der Waals surface area contributed by atoms with Crippen LogP contribution in [0.4, 0.5) is 4.39 Å². The third-order valence-electron chi connectivity index (χ3n) is 2.62. The van der Waals surface area contributed by atoms with Gasteiger partial charge in [-0.2, -0.15) is 0 Å². The van der Waals surface area contributed by atoms with Gasteiger partial charge in [0, 0.05) is 6.20 Å². The highest BCUT2D eigenvalue weighted by Crippen LogP contribution is 2.17. The Morgan fingerprint density at radius 3 is 2.71 bits per heavy atom. The average Bonchev–Trinajstić information content (AvgIpc) is 2.32. The Kier molecular flexibility index (Phi) is 3.38. The molecule has 2 nitrogen and oxygen atoms in total. The van der Waals surface area contributed by atoms with Gasteiger partial charge in [0.1, 0.15) is 18.2 Å². The Balaban J connectivity index is 2.08. The minimum Gasteiger partial charge on any atom is -0.487 e. The molecule has 1 aromatic heterocycles. The summed E-state index contributed by atoms with van der Waals surface area (Å²) < 4.78 is 18.6. The standard InChI is InChI=1S/C14H14FNO/c1-10-4-3-7-16-14(10)9-17-12-5-6-13(15)11(2)8-12/h3-8H,9H2,1-2H3. The van der Waals surface area contributed by atoms with Crippen LogP contribution >= 0.6 is 0 Å². The molecule has 1 heterocycles. The number of hydrogen-bond donors (Lipinski definition) is 0. The lowest BCUT2D eigenvalue weighted by atomic mass is 10.2. The minimum atomic E-state index is -0.216. The zero-order chi connectivity index (χ0) is 12.3. The number of pyridine rings is 1. The highest BCUT2D eigenvalue weighted by Gasteiger charge is 2.02. The predicted molar refractivity (Wildman–Crippen MR) is 64.4 cm³/mol. The summed E-state index contributed by atoms with van der Waals surface area (Å²) in [7, 11) is 0. The molecule has 2 aromatic rings. The quantitative estimate of drug-likeness (QED) is 0.807. The van der Waals surface area contributed by atoms with Crippen molar-refractivity contribution >= 4 is 0 Å². The second kappa shape index (κ2) is 4.95. The highest BCUT2D eigenvalue weighted by atomic mass is 19.1. The van der Waals surface area contributed by atoms with Crippen LogP contribution in [-0.2, 0) is 6.61 Å². The van der Waals surface area contributed by atoms with E-state index >= 15 is 0 Å². The summed E-state index contributed by atoms with van der Waals surface area (Å²) in [6.45, 7) is 4.10. The molecule has 0 aliphatic heterocycles. The highest BCUT2D eigenvalue weighted by molar-refractivity contribution is 5.29. The third kappa shape index (κ3) is 2.81. The monoisotopic (exact) mass is 231 g/mol. The van der Waals surface area contributed by atoms with E-state index in [1.807, 2.05) is 19.1 Å². The first kappa shape index (κ1) is 11.6. The van der Waals surface area contributed by atoms with Crippen LogP contribution in [0, 0.1) is 19.7 Å². The van der Waals surface area contributed by atoms with Gasteiger partial charge in [0.05, 0.1) is 5.69 Å². The summed E-state index contributed by atoms with van der Waals surface area (Å²) in [6.07, 6.45) is 1.74. The Bertz CT molecular complexity index is 525. The van der Waals surface area contributed by atoms with Gasteiger partial charge in [-0.05, 0) is 49.2 Å². The van der Waals surface area contributed by atoms with Crippen molar-refractivity contribution in [2.45, 2.75) is 20.5 Å². The van der Waals surface area contributed by atoms with Crippen molar-refractivity contribution in [1.29, 1.82) is 0 Å². The van der Waals surface area contributed by atoms with Crippen molar-refractivity contribution in [3.05, 3.63) is 59.2 Å². The molecule has 0 fully saturated rings. The van der Waals surface area contributed by atoms with Crippen LogP contribution in [0.3, 0.4) is 0 Å². The molecule has 0 atom stereocenters. The number of halogens is 1. The smallest absolute Gasteiger partial charge is 0.130 e. The third-order valence-corrected chi connectivity index (χ3v) is 2.62. The van der Waals surface area contributed by atoms with E-state index in [-0.39, 0.29) is 5.82 Å². The van der Waals surface area contributed by atoms with Gasteiger partial charge in [-0.1, -0.05) is 6.07 Å². The fraction of sp³-hybridized carbons (Fsp3) is 0.214. The van der Waals surface area contributed by atoms with E-state index in [4.69, 9.17) is 4.74 Å². The van der Waals surface area contributed by atoms with Gasteiger partial charge >= 0.3 is 0 Å². The van der Waals surface area contributed by atoms with Crippen LogP contribution in [0.5, 0.6) is 5.75 Å². The van der Waals surface area contributed by atoms with E-state index in [9.17, 15) is 4.39 Å². The molecule has 0 spiro atoms. The first-order valence-corrected chi connectivity index (χ1v) is 5.46. The number of rotatable bonds is 3. The SMILES string of the molecule is Cc1cc(OCc2ncccc2C)ccc1F. The Morgan fingerprint density at radius 1 is 1.18 bits per heavy atom. The number of aromatic nitrogens is 1. The van der Waals surface area contributed by atoms with Gasteiger partial charge in [-0.15, -0.1) is 0 Å². The molecule has 0 amide bonds. The molecule has 0 aliphatic carbocycles. The van der Waals surface area contributed by atoms with Gasteiger partial charge < -0.3 is 4.74 Å². The van der Waals surface area contributed by atoms with Crippen LogP contribution in [0.25, 0.3) is 0 Å². The first-order valence-electron chi connectivity index (χ1n) is 5.46. The van der Waals surface area contributed by atoms with Crippen molar-refractivity contribution < 1.29 is 9.13 Å². The Hall–Kier alpha value is -1.90. The second-order valence-corrected chi connectivity index (χ2v) is 3.97. The van der Waals surface area contributed by atoms with Crippen LogP contribution < -0.4 is 4.74 Å². The molecule has 0 bridgehead atoms. The Labute approximate surface area is 100 Å². The maximum absolute atomic E-state index is 13.1. The molecule has 0 unspecified atom stereocenters. The molecule has 1 aromatic carbocycles. The second-order valence-electron chi connectivity index (χ2n) is 3.97. The largest absolute Gasteiger partial charge is 0.487 e. The molecule has 17 heavy (non-hydrogen) atoms. The summed E-state index contributed by atoms with van der Waals surface area (Å²) in [5.74, 6) is 0.445. The van der Waals surface area contributed by atoms with Gasteiger partial charge in [0.2, 0.25) is 0 Å². The zero-order valence-corrected chi connectivity index (χ0v) is 9.90. The summed E-state index contributed by atoms with van der Waals surface area (Å²) >= 11 is 0. The lowest BCUT2D eigenvalue weighted by molar-refractivity contribution is 0.299. The van der Waals surface area contributed by atoms with E-state index in [1.54, 1.807) is 25.3 Å². The number of nitrogens with zero attached hydrogens (tertiary/aromatic N) is 1. The number of benzene rings is 1. The van der Waals surface area contributed by atoms with E-state index in [1.165, 1.54) is 6.07 Å². The van der Waals surface area contributed by atoms with E-state index < -0.39 is 0 Å². The van der Waals surface area contributed by atoms with Crippen molar-refractivity contribution in [2.24, 2.45) is 0 Å². The lowest BCUT2D eigenvalue weighted by Crippen LogP contribution is -2.00. The average molecular weight is 231 g/mol. The van der Waals surface area contributed by atoms with Gasteiger partial charge in [0.15, 0.2) is 0 Å². The van der Waals surface area contributed by atoms with Crippen LogP contribution in [0.15, 0.2) is 36.5 Å². The van der Waals surface area contributed by atoms with Crippen LogP contribution in [-0.4, -0.2) is 4.98 Å². The van der Waals surface area contributed by atoms with Gasteiger partial charge in [-0.25, -0.2) is 4.39 Å². The number of hydrogen-bond acceptors (Lipinski definition) is 2. The Morgan fingerprint density at radius 2 is 2.00 bits per heavy atom. The summed E-state index contributed by atoms with van der Waals surface area (Å²) in [5, 5.41) is 0. The van der Waals surface area contributed by atoms with Crippen molar-refractivity contribution in [2.75, 3.05) is 0 Å². The molecule has 0 aliphatic rings. The van der Waals surface area contributed by atoms with E-state index in [0.29, 0.717) is 17.9 Å². The van der Waals surface area contributed by atoms with Crippen LogP contribution in [0.2, 0.25) is 0 Å². The predicted octanol–water partition coefficient (Wildman–Crippen LogP) is 3.42. The van der Waals surface area contributed by atoms with E-state index in [0.717, 1.165) is 11.3 Å². The van der Waals surface area contributed by atoms with Gasteiger partial charge in [0.25, 0.3) is 0 Å². The molecule has 0 saturated heterocycles. The van der Waals surface area contributed by atoms with Crippen LogP contribution in [0.1, 0.15) is 16.8 Å². The molecule has 0 N–H and O–H groups in total. The first-order chi connectivity index (χ1) is 8.16. The molecule has 0 radical (unpaired) electrons. The number of ether oxygens (including phenoxy) is 1. The summed E-state index contributed by atoms with van der Waals surface area (Å²) in [6, 6.07) is 8.60. The fourth-order valence-corrected chi connectivity index (χ4v) is 1.53. The summed E-state index contributed by atoms with van der Waals surface area (Å²) in [4.78, 5) is 4.23. The molecule has 88 valence electrons. The summed E-state index contributed by atoms with van der Waals surface area (Å²) in [5.41, 5.74) is 2.57. The fourth-order valence-electron chi connectivity index (χ4n) is 1.53. The molecule has 2 rings (SSSR count). The lowest BCUT2D eigenvalue weighted by Gasteiger charge is -2.08.